The van der Waals surface area contributed by atoms with Gasteiger partial charge in [-0.1, -0.05) is 25.5 Å². The van der Waals surface area contributed by atoms with E-state index in [9.17, 15) is 4.79 Å². The van der Waals surface area contributed by atoms with Crippen molar-refractivity contribution in [3.05, 3.63) is 11.6 Å². The highest BCUT2D eigenvalue weighted by Gasteiger charge is 2.35. The van der Waals surface area contributed by atoms with Crippen LogP contribution in [0.2, 0.25) is 0 Å². The third-order valence-corrected chi connectivity index (χ3v) is 4.41. The van der Waals surface area contributed by atoms with E-state index in [1.807, 2.05) is 25.7 Å². The van der Waals surface area contributed by atoms with E-state index in [1.54, 1.807) is 0 Å². The average Bonchev–Trinajstić information content (AvgIpc) is 2.25. The molecule has 3 heteroatoms. The van der Waals surface area contributed by atoms with E-state index in [2.05, 4.69) is 26.8 Å². The molecule has 1 aliphatic rings. The maximum absolute atomic E-state index is 12.5. The number of carbonyl (C=O) groups excluding carboxylic acids is 1. The third-order valence-electron chi connectivity index (χ3n) is 3.90. The minimum absolute atomic E-state index is 0.0749. The van der Waals surface area contributed by atoms with E-state index in [0.29, 0.717) is 0 Å². The Kier molecular flexibility index (Phi) is 5.49. The molecule has 0 fully saturated rings. The zero-order chi connectivity index (χ0) is 14.8. The number of rotatable bonds is 4. The van der Waals surface area contributed by atoms with Crippen LogP contribution in [0.5, 0.6) is 0 Å². The average molecular weight is 286 g/mol. The molecule has 2 nitrogen and oxygen atoms in total. The summed E-state index contributed by atoms with van der Waals surface area (Å²) in [5, 5.41) is -0.433. The van der Waals surface area contributed by atoms with Crippen molar-refractivity contribution in [1.82, 2.24) is 4.90 Å². The number of nitrogens with zero attached hydrogens (tertiary/aromatic N) is 1. The van der Waals surface area contributed by atoms with Crippen LogP contribution in [-0.2, 0) is 4.79 Å². The molecule has 0 heterocycles. The van der Waals surface area contributed by atoms with Gasteiger partial charge in [0.2, 0.25) is 5.91 Å². The lowest BCUT2D eigenvalue weighted by molar-refractivity contribution is -0.133. The van der Waals surface area contributed by atoms with Gasteiger partial charge in [-0.15, -0.1) is 11.6 Å². The molecule has 0 radical (unpaired) electrons. The van der Waals surface area contributed by atoms with Crippen molar-refractivity contribution in [2.24, 2.45) is 11.3 Å². The number of amides is 1. The zero-order valence-electron chi connectivity index (χ0n) is 13.2. The van der Waals surface area contributed by atoms with E-state index in [-0.39, 0.29) is 23.3 Å². The van der Waals surface area contributed by atoms with E-state index < -0.39 is 5.38 Å². The fraction of sp³-hybridized carbons (Fsp3) is 0.812. The summed E-state index contributed by atoms with van der Waals surface area (Å²) in [4.78, 5) is 14.4. The minimum Gasteiger partial charge on any atom is -0.339 e. The minimum atomic E-state index is -0.433. The second-order valence-electron chi connectivity index (χ2n) is 6.84. The molecule has 0 aromatic heterocycles. The van der Waals surface area contributed by atoms with Gasteiger partial charge in [-0.05, 0) is 46.0 Å². The summed E-state index contributed by atoms with van der Waals surface area (Å²) >= 11 is 6.48. The van der Waals surface area contributed by atoms with Gasteiger partial charge in [-0.3, -0.25) is 4.79 Å². The van der Waals surface area contributed by atoms with E-state index in [4.69, 9.17) is 11.6 Å². The quantitative estimate of drug-likeness (QED) is 0.559. The van der Waals surface area contributed by atoms with Gasteiger partial charge >= 0.3 is 0 Å². The molecule has 110 valence electrons. The van der Waals surface area contributed by atoms with Gasteiger partial charge < -0.3 is 4.90 Å². The zero-order valence-corrected chi connectivity index (χ0v) is 13.9. The van der Waals surface area contributed by atoms with Crippen molar-refractivity contribution >= 4 is 17.5 Å². The summed E-state index contributed by atoms with van der Waals surface area (Å²) in [6, 6.07) is 0.209. The predicted molar refractivity (Wildman–Crippen MR) is 82.4 cm³/mol. The highest BCUT2D eigenvalue weighted by molar-refractivity contribution is 6.31. The number of hydrogen-bond acceptors (Lipinski definition) is 1. The summed E-state index contributed by atoms with van der Waals surface area (Å²) in [5.41, 5.74) is 1.60. The Morgan fingerprint density at radius 2 is 2.11 bits per heavy atom. The van der Waals surface area contributed by atoms with Crippen LogP contribution in [0.4, 0.5) is 0 Å². The summed E-state index contributed by atoms with van der Waals surface area (Å²) in [5.74, 6) is 0.233. The van der Waals surface area contributed by atoms with Crippen molar-refractivity contribution in [2.75, 3.05) is 6.54 Å². The van der Waals surface area contributed by atoms with Crippen LogP contribution in [0, 0.1) is 11.3 Å². The second kappa shape index (κ2) is 6.30. The first-order valence-electron chi connectivity index (χ1n) is 7.30. The normalized spacial score (nSPS) is 24.0. The molecule has 0 saturated carbocycles. The molecule has 2 atom stereocenters. The van der Waals surface area contributed by atoms with Crippen molar-refractivity contribution in [1.29, 1.82) is 0 Å². The largest absolute Gasteiger partial charge is 0.339 e. The Hall–Kier alpha value is -0.500. The number of allylic oxidation sites excluding steroid dienone is 2. The fourth-order valence-electron chi connectivity index (χ4n) is 3.25. The van der Waals surface area contributed by atoms with Crippen LogP contribution >= 0.6 is 11.6 Å². The Morgan fingerprint density at radius 3 is 2.53 bits per heavy atom. The molecule has 1 aliphatic carbocycles. The summed E-state index contributed by atoms with van der Waals surface area (Å²) < 4.78 is 0. The number of halogens is 1. The van der Waals surface area contributed by atoms with Crippen LogP contribution in [0.25, 0.3) is 0 Å². The van der Waals surface area contributed by atoms with Gasteiger partial charge in [-0.2, -0.15) is 0 Å². The van der Waals surface area contributed by atoms with Crippen molar-refractivity contribution in [3.8, 4) is 0 Å². The molecule has 19 heavy (non-hydrogen) atoms. The molecular weight excluding hydrogens is 258 g/mol. The van der Waals surface area contributed by atoms with Gasteiger partial charge in [0, 0.05) is 18.5 Å². The lowest BCUT2D eigenvalue weighted by Crippen LogP contribution is -2.44. The maximum Gasteiger partial charge on any atom is 0.241 e. The summed E-state index contributed by atoms with van der Waals surface area (Å²) in [7, 11) is 0. The molecule has 2 unspecified atom stereocenters. The van der Waals surface area contributed by atoms with E-state index in [0.717, 1.165) is 19.4 Å². The highest BCUT2D eigenvalue weighted by Crippen LogP contribution is 2.40. The number of hydrogen-bond donors (Lipinski definition) is 0. The monoisotopic (exact) mass is 285 g/mol. The van der Waals surface area contributed by atoms with Gasteiger partial charge in [-0.25, -0.2) is 0 Å². The third kappa shape index (κ3) is 4.24. The van der Waals surface area contributed by atoms with Gasteiger partial charge in [0.15, 0.2) is 0 Å². The smallest absolute Gasteiger partial charge is 0.241 e. The lowest BCUT2D eigenvalue weighted by atomic mass is 9.72. The molecule has 0 saturated heterocycles. The van der Waals surface area contributed by atoms with Crippen LogP contribution in [0.15, 0.2) is 11.6 Å². The first kappa shape index (κ1) is 16.6. The topological polar surface area (TPSA) is 20.3 Å². The second-order valence-corrected chi connectivity index (χ2v) is 7.31. The van der Waals surface area contributed by atoms with Crippen LogP contribution in [0.3, 0.4) is 0 Å². The van der Waals surface area contributed by atoms with E-state index in [1.165, 1.54) is 5.57 Å². The van der Waals surface area contributed by atoms with Crippen molar-refractivity contribution in [3.63, 3.8) is 0 Å². The molecular formula is C16H28ClNO. The van der Waals surface area contributed by atoms with E-state index >= 15 is 0 Å². The molecule has 0 aliphatic heterocycles. The number of alkyl halides is 1. The van der Waals surface area contributed by atoms with Gasteiger partial charge in [0.1, 0.15) is 5.38 Å². The molecule has 0 aromatic rings. The Labute approximate surface area is 123 Å². The van der Waals surface area contributed by atoms with Crippen LogP contribution < -0.4 is 0 Å². The van der Waals surface area contributed by atoms with Crippen molar-refractivity contribution in [2.45, 2.75) is 65.8 Å². The predicted octanol–water partition coefficient (Wildman–Crippen LogP) is 4.23. The molecule has 0 spiro atoms. The SMILES string of the molecule is CCN(C(=O)C(Cl)C1C=C(C)CC(C)(C)C1)C(C)C. The van der Waals surface area contributed by atoms with Crippen LogP contribution in [0.1, 0.15) is 54.4 Å². The maximum atomic E-state index is 12.5. The molecule has 1 rings (SSSR count). The molecule has 0 N–H and O–H groups in total. The lowest BCUT2D eigenvalue weighted by Gasteiger charge is -2.37. The van der Waals surface area contributed by atoms with Gasteiger partial charge in [0.05, 0.1) is 0 Å². The summed E-state index contributed by atoms with van der Waals surface area (Å²) in [6.07, 6.45) is 4.29. The Bertz CT molecular complexity index is 360. The standard InChI is InChI=1S/C16H28ClNO/c1-7-18(11(2)3)15(19)14(17)13-8-12(4)9-16(5,6)10-13/h8,11,13-14H,7,9-10H2,1-6H3. The van der Waals surface area contributed by atoms with Gasteiger partial charge in [0.25, 0.3) is 0 Å². The summed E-state index contributed by atoms with van der Waals surface area (Å²) in [6.45, 7) is 13.5. The fourth-order valence-corrected chi connectivity index (χ4v) is 3.54. The Morgan fingerprint density at radius 1 is 1.53 bits per heavy atom. The first-order chi connectivity index (χ1) is 8.68. The Balaban J connectivity index is 2.85. The highest BCUT2D eigenvalue weighted by atomic mass is 35.5. The first-order valence-corrected chi connectivity index (χ1v) is 7.73. The van der Waals surface area contributed by atoms with Crippen LogP contribution in [-0.4, -0.2) is 28.8 Å². The number of carbonyl (C=O) groups is 1. The molecule has 1 amide bonds. The molecule has 0 bridgehead atoms. The molecule has 0 aromatic carbocycles. The van der Waals surface area contributed by atoms with Crippen molar-refractivity contribution < 1.29 is 4.79 Å².